The van der Waals surface area contributed by atoms with Crippen molar-refractivity contribution in [1.29, 1.82) is 0 Å². The van der Waals surface area contributed by atoms with Crippen molar-refractivity contribution in [1.82, 2.24) is 15.3 Å². The van der Waals surface area contributed by atoms with Crippen molar-refractivity contribution in [2.75, 3.05) is 24.6 Å². The summed E-state index contributed by atoms with van der Waals surface area (Å²) in [7, 11) is -3.56. The van der Waals surface area contributed by atoms with Crippen LogP contribution < -0.4 is 5.32 Å². The quantitative estimate of drug-likeness (QED) is 0.0650. The van der Waals surface area contributed by atoms with Crippen LogP contribution in [0.1, 0.15) is 167 Å². The minimum absolute atomic E-state index is 0.0166. The van der Waals surface area contributed by atoms with Gasteiger partial charge in [0.2, 0.25) is 5.91 Å². The molecule has 0 saturated carbocycles. The molecule has 304 valence electrons. The number of carbonyl (C=O) groups excluding carboxylic acids is 5. The van der Waals surface area contributed by atoms with Gasteiger partial charge in [-0.2, -0.15) is 5.11 Å². The summed E-state index contributed by atoms with van der Waals surface area (Å²) in [4.78, 5) is 68.3. The Morgan fingerprint density at radius 1 is 0.741 bits per heavy atom. The molecule has 2 N–H and O–H groups in total. The second-order valence-corrected chi connectivity index (χ2v) is 17.1. The van der Waals surface area contributed by atoms with Crippen LogP contribution in [0.4, 0.5) is 0 Å². The fourth-order valence-electron chi connectivity index (χ4n) is 6.59. The number of Topliss-reactive ketones (excluding diaryl/α,β-unsaturated/α-hetero) is 4. The molecule has 0 fully saturated rings. The predicted octanol–water partition coefficient (Wildman–Crippen LogP) is 7.58. The summed E-state index contributed by atoms with van der Waals surface area (Å²) in [6.45, 7) is 2.50. The highest BCUT2D eigenvalue weighted by Crippen LogP contribution is 2.19. The lowest BCUT2D eigenvalue weighted by molar-refractivity contribution is -0.129. The molecule has 0 aliphatic carbocycles. The van der Waals surface area contributed by atoms with Crippen molar-refractivity contribution in [3.8, 4) is 0 Å². The Hall–Kier alpha value is -3.42. The van der Waals surface area contributed by atoms with Gasteiger partial charge < -0.3 is 15.1 Å². The van der Waals surface area contributed by atoms with Crippen LogP contribution in [0.5, 0.6) is 0 Å². The van der Waals surface area contributed by atoms with Gasteiger partial charge in [0, 0.05) is 62.9 Å². The van der Waals surface area contributed by atoms with Crippen molar-refractivity contribution in [2.45, 2.75) is 167 Å². The van der Waals surface area contributed by atoms with Crippen molar-refractivity contribution >= 4 is 44.6 Å². The number of amides is 1. The molecular weight excluding hydrogens is 709 g/mol. The highest BCUT2D eigenvalue weighted by Gasteiger charge is 2.22. The number of aryl methyl sites for hydroxylation is 1. The molecule has 0 saturated heterocycles. The van der Waals surface area contributed by atoms with Gasteiger partial charge in [0.25, 0.3) is 0 Å². The molecule has 0 bridgehead atoms. The average Bonchev–Trinajstić information content (AvgIpc) is 3.85. The number of aromatic nitrogens is 2. The lowest BCUT2D eigenvalue weighted by Gasteiger charge is -2.15. The Balaban J connectivity index is 1.45. The summed E-state index contributed by atoms with van der Waals surface area (Å²) in [5.74, 6) is -1.81. The van der Waals surface area contributed by atoms with E-state index in [1.807, 2.05) is 0 Å². The van der Waals surface area contributed by atoms with Gasteiger partial charge in [0.05, 0.1) is 17.8 Å². The zero-order valence-corrected chi connectivity index (χ0v) is 33.6. The first-order valence-electron chi connectivity index (χ1n) is 20.5. The van der Waals surface area contributed by atoms with Gasteiger partial charge in [-0.05, 0) is 57.1 Å². The van der Waals surface area contributed by atoms with Gasteiger partial charge in [0.15, 0.2) is 9.84 Å². The number of hydrogen-bond acceptors (Lipinski definition) is 11. The minimum atomic E-state index is -3.56. The number of ketones is 4. The Bertz CT molecular complexity index is 1430. The van der Waals surface area contributed by atoms with Crippen LogP contribution in [0.15, 0.2) is 28.0 Å². The monoisotopic (exact) mass is 774 g/mol. The molecule has 54 heavy (non-hydrogen) atoms. The number of hydrogen-bond donors (Lipinski definition) is 2. The predicted molar refractivity (Wildman–Crippen MR) is 211 cm³/mol. The van der Waals surface area contributed by atoms with Gasteiger partial charge in [-0.3, -0.25) is 19.2 Å². The summed E-state index contributed by atoms with van der Waals surface area (Å²) < 4.78 is 24.9. The van der Waals surface area contributed by atoms with Crippen LogP contribution in [0.25, 0.3) is 0 Å². The molecule has 1 aromatic rings. The average molecular weight is 775 g/mol. The van der Waals surface area contributed by atoms with E-state index in [-0.39, 0.29) is 73.3 Å². The molecule has 0 spiro atoms. The molecule has 1 aromatic heterocycles. The SMILES string of the molecule is CC(=O)CCC(=O)[C@@H](CCCCNC(=O)CCCS(=O)(=O)CC(=O)CCCCCCCCCCCCCCCC1=NN=NC1)CC(=O)CCc1cnc[nH]1. The molecule has 14 heteroatoms. The zero-order valence-electron chi connectivity index (χ0n) is 32.8. The molecule has 1 amide bonds. The van der Waals surface area contributed by atoms with E-state index in [0.717, 1.165) is 37.1 Å². The summed E-state index contributed by atoms with van der Waals surface area (Å²) in [5, 5.41) is 14.3. The maximum absolute atomic E-state index is 12.8. The Labute approximate surface area is 323 Å². The number of nitrogens with zero attached hydrogens (tertiary/aromatic N) is 4. The molecular formula is C40H66N6O7S. The number of sulfone groups is 1. The Kier molecular flexibility index (Phi) is 25.1. The number of imidazole rings is 1. The van der Waals surface area contributed by atoms with E-state index in [4.69, 9.17) is 0 Å². The van der Waals surface area contributed by atoms with E-state index in [1.54, 1.807) is 12.5 Å². The van der Waals surface area contributed by atoms with E-state index < -0.39 is 21.5 Å². The van der Waals surface area contributed by atoms with Crippen molar-refractivity contribution in [3.63, 3.8) is 0 Å². The lowest BCUT2D eigenvalue weighted by Crippen LogP contribution is -2.26. The van der Waals surface area contributed by atoms with E-state index in [0.29, 0.717) is 51.6 Å². The maximum Gasteiger partial charge on any atom is 0.220 e. The number of H-pyrrole nitrogens is 1. The van der Waals surface area contributed by atoms with Crippen molar-refractivity contribution in [3.05, 3.63) is 18.2 Å². The third kappa shape index (κ3) is 24.8. The zero-order chi connectivity index (χ0) is 39.3. The molecule has 2 heterocycles. The summed E-state index contributed by atoms with van der Waals surface area (Å²) in [6, 6.07) is 0. The molecule has 0 unspecified atom stereocenters. The number of rotatable bonds is 36. The summed E-state index contributed by atoms with van der Waals surface area (Å²) >= 11 is 0. The number of aromatic amines is 1. The van der Waals surface area contributed by atoms with Crippen LogP contribution in [0, 0.1) is 5.92 Å². The van der Waals surface area contributed by atoms with Gasteiger partial charge >= 0.3 is 0 Å². The maximum atomic E-state index is 12.8. The molecule has 1 atom stereocenters. The van der Waals surface area contributed by atoms with Crippen LogP contribution in [-0.4, -0.2) is 77.7 Å². The third-order valence-electron chi connectivity index (χ3n) is 9.85. The van der Waals surface area contributed by atoms with Gasteiger partial charge in [-0.15, -0.1) is 5.10 Å². The highest BCUT2D eigenvalue weighted by atomic mass is 32.2. The fourth-order valence-corrected chi connectivity index (χ4v) is 7.95. The first-order valence-corrected chi connectivity index (χ1v) is 22.3. The van der Waals surface area contributed by atoms with Gasteiger partial charge in [-0.25, -0.2) is 13.4 Å². The normalized spacial score (nSPS) is 13.2. The molecule has 0 aromatic carbocycles. The lowest BCUT2D eigenvalue weighted by atomic mass is 9.88. The van der Waals surface area contributed by atoms with Crippen LogP contribution in [0.2, 0.25) is 0 Å². The molecule has 1 aliphatic heterocycles. The molecule has 13 nitrogen and oxygen atoms in total. The van der Waals surface area contributed by atoms with Crippen molar-refractivity contribution < 1.29 is 32.4 Å². The summed E-state index contributed by atoms with van der Waals surface area (Å²) in [6.07, 6.45) is 22.8. The van der Waals surface area contributed by atoms with Crippen molar-refractivity contribution in [2.24, 2.45) is 21.4 Å². The van der Waals surface area contributed by atoms with E-state index in [2.05, 4.69) is 30.7 Å². The third-order valence-corrected chi connectivity index (χ3v) is 11.5. The second kappa shape index (κ2) is 28.9. The second-order valence-electron chi connectivity index (χ2n) is 14.9. The Morgan fingerprint density at radius 3 is 2.02 bits per heavy atom. The van der Waals surface area contributed by atoms with E-state index >= 15 is 0 Å². The molecule has 2 rings (SSSR count). The smallest absolute Gasteiger partial charge is 0.220 e. The topological polar surface area (TPSA) is 197 Å². The van der Waals surface area contributed by atoms with E-state index in [9.17, 15) is 32.4 Å². The van der Waals surface area contributed by atoms with Gasteiger partial charge in [-0.1, -0.05) is 77.0 Å². The largest absolute Gasteiger partial charge is 0.356 e. The first kappa shape index (κ1) is 46.7. The number of unbranched alkanes of at least 4 members (excludes halogenated alkanes) is 13. The minimum Gasteiger partial charge on any atom is -0.356 e. The first-order chi connectivity index (χ1) is 26.0. The van der Waals surface area contributed by atoms with Crippen LogP contribution in [-0.2, 0) is 40.2 Å². The summed E-state index contributed by atoms with van der Waals surface area (Å²) in [5.41, 5.74) is 1.96. The van der Waals surface area contributed by atoms with Crippen LogP contribution >= 0.6 is 0 Å². The molecule has 1 aliphatic rings. The highest BCUT2D eigenvalue weighted by molar-refractivity contribution is 7.92. The number of carbonyl (C=O) groups is 5. The molecule has 0 radical (unpaired) electrons. The van der Waals surface area contributed by atoms with Crippen LogP contribution in [0.3, 0.4) is 0 Å². The van der Waals surface area contributed by atoms with E-state index in [1.165, 1.54) is 64.7 Å². The number of nitrogens with one attached hydrogen (secondary N) is 2. The fraction of sp³-hybridized carbons (Fsp3) is 0.775. The Morgan fingerprint density at radius 2 is 1.41 bits per heavy atom. The standard InChI is InChI=1S/C40H66N6O7S/c1-33(47)22-25-39(50)34(28-37(48)24-23-35-29-41-32-43-35)18-15-16-26-42-40(51)21-17-27-54(52,53)31-38(49)20-14-12-10-8-6-4-2-3-5-7-9-11-13-19-36-30-44-46-45-36/h29,32,34H,2-28,30-31H2,1H3,(H,41,43)(H,42,51)/t34-/m0/s1. The van der Waals surface area contributed by atoms with Gasteiger partial charge in [0.1, 0.15) is 35.4 Å².